The zero-order valence-corrected chi connectivity index (χ0v) is 17.5. The zero-order valence-electron chi connectivity index (χ0n) is 16.0. The number of carbonyl (C=O) groups excluding carboxylic acids is 3. The summed E-state index contributed by atoms with van der Waals surface area (Å²) in [5.74, 6) is -1.34. The number of hydrazine groups is 1. The molecule has 0 aliphatic heterocycles. The second-order valence-electron chi connectivity index (χ2n) is 6.10. The molecule has 1 aromatic carbocycles. The maximum atomic E-state index is 12.6. The molecule has 30 heavy (non-hydrogen) atoms. The van der Waals surface area contributed by atoms with E-state index in [9.17, 15) is 14.4 Å². The van der Waals surface area contributed by atoms with Crippen LogP contribution in [-0.4, -0.2) is 29.4 Å². The number of halogens is 1. The van der Waals surface area contributed by atoms with Gasteiger partial charge in [0.2, 0.25) is 0 Å². The van der Waals surface area contributed by atoms with Gasteiger partial charge in [0.25, 0.3) is 11.8 Å². The van der Waals surface area contributed by atoms with E-state index in [4.69, 9.17) is 16.3 Å². The third-order valence-corrected chi connectivity index (χ3v) is 5.49. The highest BCUT2D eigenvalue weighted by molar-refractivity contribution is 7.17. The van der Waals surface area contributed by atoms with Gasteiger partial charge < -0.3 is 4.74 Å². The largest absolute Gasteiger partial charge is 0.466 e. The lowest BCUT2D eigenvalue weighted by atomic mass is 10.1. The first-order valence-electron chi connectivity index (χ1n) is 9.03. The molecule has 0 saturated carbocycles. The molecule has 0 spiro atoms. The minimum Gasteiger partial charge on any atom is -0.466 e. The summed E-state index contributed by atoms with van der Waals surface area (Å²) in [5, 5.41) is 0.582. The van der Waals surface area contributed by atoms with Crippen LogP contribution in [0.25, 0.3) is 10.4 Å². The fourth-order valence-corrected chi connectivity index (χ4v) is 3.84. The van der Waals surface area contributed by atoms with Gasteiger partial charge in [-0.3, -0.25) is 30.2 Å². The Balaban J connectivity index is 1.79. The Bertz CT molecular complexity index is 1050. The highest BCUT2D eigenvalue weighted by Gasteiger charge is 2.19. The highest BCUT2D eigenvalue weighted by atomic mass is 35.5. The van der Waals surface area contributed by atoms with Crippen LogP contribution in [0.3, 0.4) is 0 Å². The summed E-state index contributed by atoms with van der Waals surface area (Å²) in [6.45, 7) is 2.00. The summed E-state index contributed by atoms with van der Waals surface area (Å²) in [7, 11) is 0. The van der Waals surface area contributed by atoms with Gasteiger partial charge in [0.05, 0.1) is 17.9 Å². The zero-order chi connectivity index (χ0) is 21.5. The number of hydrogen-bond donors (Lipinski definition) is 2. The number of rotatable bonds is 6. The number of nitrogens with one attached hydrogen (secondary N) is 2. The van der Waals surface area contributed by atoms with Crippen LogP contribution in [0.4, 0.5) is 0 Å². The maximum absolute atomic E-state index is 12.6. The van der Waals surface area contributed by atoms with Gasteiger partial charge in [-0.25, -0.2) is 0 Å². The summed E-state index contributed by atoms with van der Waals surface area (Å²) in [6, 6.07) is 11.8. The van der Waals surface area contributed by atoms with Crippen LogP contribution in [0.1, 0.15) is 32.5 Å². The molecule has 2 amide bonds. The predicted molar refractivity (Wildman–Crippen MR) is 114 cm³/mol. The summed E-state index contributed by atoms with van der Waals surface area (Å²) in [4.78, 5) is 41.6. The smallest absolute Gasteiger partial charge is 0.310 e. The SMILES string of the molecule is CCOC(=O)Cc1cc(C(=O)NNC(=O)c2ccncc2)sc1-c1ccc(Cl)cc1. The molecule has 0 unspecified atom stereocenters. The molecule has 0 saturated heterocycles. The van der Waals surface area contributed by atoms with Crippen molar-refractivity contribution < 1.29 is 19.1 Å². The fraction of sp³-hybridized carbons (Fsp3) is 0.143. The van der Waals surface area contributed by atoms with Crippen molar-refractivity contribution in [2.75, 3.05) is 6.61 Å². The van der Waals surface area contributed by atoms with Gasteiger partial charge >= 0.3 is 5.97 Å². The third-order valence-electron chi connectivity index (χ3n) is 4.01. The lowest BCUT2D eigenvalue weighted by Gasteiger charge is -2.05. The predicted octanol–water partition coefficient (Wildman–Crippen LogP) is 3.64. The van der Waals surface area contributed by atoms with Crippen LogP contribution < -0.4 is 10.9 Å². The molecule has 0 bridgehead atoms. The van der Waals surface area contributed by atoms with E-state index in [1.165, 1.54) is 35.9 Å². The fourth-order valence-electron chi connectivity index (χ4n) is 2.64. The Morgan fingerprint density at radius 3 is 2.37 bits per heavy atom. The molecule has 3 aromatic rings. The lowest BCUT2D eigenvalue weighted by molar-refractivity contribution is -0.142. The second-order valence-corrected chi connectivity index (χ2v) is 7.59. The Labute approximate surface area is 182 Å². The summed E-state index contributed by atoms with van der Waals surface area (Å²) >= 11 is 7.17. The minimum absolute atomic E-state index is 0.0267. The van der Waals surface area contributed by atoms with Gasteiger partial charge in [0.15, 0.2) is 0 Å². The number of amides is 2. The van der Waals surface area contributed by atoms with Crippen LogP contribution >= 0.6 is 22.9 Å². The van der Waals surface area contributed by atoms with Crippen molar-refractivity contribution in [3.8, 4) is 10.4 Å². The van der Waals surface area contributed by atoms with Gasteiger partial charge in [0.1, 0.15) is 0 Å². The van der Waals surface area contributed by atoms with Gasteiger partial charge in [-0.15, -0.1) is 11.3 Å². The number of benzene rings is 1. The standard InChI is InChI=1S/C21H18ClN3O4S/c1-2-29-18(26)12-15-11-17(30-19(15)13-3-5-16(22)6-4-13)21(28)25-24-20(27)14-7-9-23-10-8-14/h3-11H,2,12H2,1H3,(H,24,27)(H,25,28). The van der Waals surface area contributed by atoms with Crippen LogP contribution in [-0.2, 0) is 16.0 Å². The number of pyridine rings is 1. The van der Waals surface area contributed by atoms with E-state index in [-0.39, 0.29) is 19.0 Å². The van der Waals surface area contributed by atoms with Gasteiger partial charge in [0, 0.05) is 27.9 Å². The van der Waals surface area contributed by atoms with E-state index in [2.05, 4.69) is 15.8 Å². The van der Waals surface area contributed by atoms with Crippen LogP contribution in [0.15, 0.2) is 54.9 Å². The average molecular weight is 444 g/mol. The van der Waals surface area contributed by atoms with E-state index in [0.29, 0.717) is 21.0 Å². The number of ether oxygens (including phenoxy) is 1. The van der Waals surface area contributed by atoms with E-state index < -0.39 is 11.8 Å². The molecule has 0 atom stereocenters. The van der Waals surface area contributed by atoms with E-state index >= 15 is 0 Å². The van der Waals surface area contributed by atoms with E-state index in [1.807, 2.05) is 12.1 Å². The highest BCUT2D eigenvalue weighted by Crippen LogP contribution is 2.34. The lowest BCUT2D eigenvalue weighted by Crippen LogP contribution is -2.41. The number of esters is 1. The Kier molecular flexibility index (Phi) is 7.16. The molecule has 3 rings (SSSR count). The molecule has 0 aliphatic carbocycles. The monoisotopic (exact) mass is 443 g/mol. The summed E-state index contributed by atoms with van der Waals surface area (Å²) in [6.07, 6.45) is 2.99. The Morgan fingerprint density at radius 2 is 1.70 bits per heavy atom. The molecular weight excluding hydrogens is 426 g/mol. The van der Waals surface area contributed by atoms with Crippen molar-refractivity contribution in [2.45, 2.75) is 13.3 Å². The van der Waals surface area contributed by atoms with Crippen molar-refractivity contribution in [1.82, 2.24) is 15.8 Å². The molecule has 9 heteroatoms. The van der Waals surface area contributed by atoms with Crippen molar-refractivity contribution in [3.63, 3.8) is 0 Å². The number of thiophene rings is 1. The topological polar surface area (TPSA) is 97.4 Å². The molecule has 2 heterocycles. The molecule has 0 aliphatic rings. The maximum Gasteiger partial charge on any atom is 0.310 e. The first-order chi connectivity index (χ1) is 14.5. The molecule has 2 aromatic heterocycles. The van der Waals surface area contributed by atoms with Crippen LogP contribution in [0.2, 0.25) is 5.02 Å². The van der Waals surface area contributed by atoms with Crippen LogP contribution in [0, 0.1) is 0 Å². The molecule has 0 fully saturated rings. The average Bonchev–Trinajstić information content (AvgIpc) is 3.16. The number of aromatic nitrogens is 1. The molecule has 2 N–H and O–H groups in total. The van der Waals surface area contributed by atoms with E-state index in [0.717, 1.165) is 10.4 Å². The first kappa shape index (κ1) is 21.5. The van der Waals surface area contributed by atoms with Gasteiger partial charge in [-0.05, 0) is 48.4 Å². The van der Waals surface area contributed by atoms with Crippen molar-refractivity contribution >= 4 is 40.7 Å². The van der Waals surface area contributed by atoms with Gasteiger partial charge in [-0.1, -0.05) is 23.7 Å². The normalized spacial score (nSPS) is 10.3. The Hall–Kier alpha value is -3.23. The van der Waals surface area contributed by atoms with Gasteiger partial charge in [-0.2, -0.15) is 0 Å². The summed E-state index contributed by atoms with van der Waals surface area (Å²) < 4.78 is 5.04. The summed E-state index contributed by atoms with van der Waals surface area (Å²) in [5.41, 5.74) is 6.60. The molecule has 0 radical (unpaired) electrons. The first-order valence-corrected chi connectivity index (χ1v) is 10.2. The minimum atomic E-state index is -0.493. The molecule has 7 nitrogen and oxygen atoms in total. The van der Waals surface area contributed by atoms with E-state index in [1.54, 1.807) is 25.1 Å². The molecular formula is C21H18ClN3O4S. The number of nitrogens with zero attached hydrogens (tertiary/aromatic N) is 1. The quantitative estimate of drug-likeness (QED) is 0.447. The van der Waals surface area contributed by atoms with Crippen molar-refractivity contribution in [2.24, 2.45) is 0 Å². The Morgan fingerprint density at radius 1 is 1.03 bits per heavy atom. The molecule has 154 valence electrons. The third kappa shape index (κ3) is 5.43. The van der Waals surface area contributed by atoms with Crippen molar-refractivity contribution in [1.29, 1.82) is 0 Å². The number of carbonyl (C=O) groups is 3. The second kappa shape index (κ2) is 10.00. The van der Waals surface area contributed by atoms with Crippen LogP contribution in [0.5, 0.6) is 0 Å². The number of hydrogen-bond acceptors (Lipinski definition) is 6. The van der Waals surface area contributed by atoms with Crippen molar-refractivity contribution in [3.05, 3.63) is 75.9 Å².